The first-order chi connectivity index (χ1) is 17.0. The number of carbonyl (C=O) groups is 3. The fourth-order valence-corrected chi connectivity index (χ4v) is 4.81. The van der Waals surface area contributed by atoms with Gasteiger partial charge < -0.3 is 25.2 Å². The van der Waals surface area contributed by atoms with Crippen LogP contribution in [0.5, 0.6) is 0 Å². The van der Waals surface area contributed by atoms with Crippen LogP contribution in [-0.2, 0) is 19.1 Å². The van der Waals surface area contributed by atoms with Gasteiger partial charge in [-0.2, -0.15) is 0 Å². The average Bonchev–Trinajstić information content (AvgIpc) is 3.65. The van der Waals surface area contributed by atoms with Gasteiger partial charge in [-0.3, -0.25) is 9.59 Å². The summed E-state index contributed by atoms with van der Waals surface area (Å²) in [5.74, 6) is -0.779. The molecule has 8 heteroatoms. The number of carboxylic acids is 1. The van der Waals surface area contributed by atoms with E-state index in [1.54, 1.807) is 0 Å². The molecule has 0 radical (unpaired) electrons. The van der Waals surface area contributed by atoms with Gasteiger partial charge in [0.05, 0.1) is 18.9 Å². The van der Waals surface area contributed by atoms with Crippen LogP contribution in [-0.4, -0.2) is 56.0 Å². The zero-order valence-corrected chi connectivity index (χ0v) is 19.9. The number of hydrogen-bond donors (Lipinski definition) is 3. The Hall–Kier alpha value is -3.39. The number of nitrogens with one attached hydrogen (secondary N) is 2. The number of ether oxygens (including phenoxy) is 2. The highest BCUT2D eigenvalue weighted by atomic mass is 16.5. The SMILES string of the molecule is COC(CNC(=O)OCC1c2ccccc2-c2ccccc21)CC(=O)NCC(CC(=O)O)C1CC1. The first kappa shape index (κ1) is 24.7. The number of methoxy groups -OCH3 is 1. The molecule has 1 fully saturated rings. The van der Waals surface area contributed by atoms with Crippen molar-refractivity contribution in [3.05, 3.63) is 59.7 Å². The Morgan fingerprint density at radius 2 is 1.57 bits per heavy atom. The van der Waals surface area contributed by atoms with Gasteiger partial charge in [-0.25, -0.2) is 4.79 Å². The Morgan fingerprint density at radius 3 is 2.14 bits per heavy atom. The molecule has 0 aromatic heterocycles. The number of alkyl carbamates (subject to hydrolysis) is 1. The van der Waals surface area contributed by atoms with Crippen LogP contribution in [0.4, 0.5) is 4.79 Å². The van der Waals surface area contributed by atoms with E-state index in [0.29, 0.717) is 12.5 Å². The fourth-order valence-electron chi connectivity index (χ4n) is 4.81. The third kappa shape index (κ3) is 6.39. The molecular weight excluding hydrogens is 448 g/mol. The van der Waals surface area contributed by atoms with Gasteiger partial charge in [0.1, 0.15) is 6.61 Å². The lowest BCUT2D eigenvalue weighted by molar-refractivity contribution is -0.138. The van der Waals surface area contributed by atoms with E-state index in [2.05, 4.69) is 34.9 Å². The van der Waals surface area contributed by atoms with Crippen molar-refractivity contribution in [1.29, 1.82) is 0 Å². The molecule has 2 aliphatic carbocycles. The molecule has 0 spiro atoms. The summed E-state index contributed by atoms with van der Waals surface area (Å²) in [4.78, 5) is 35.8. The first-order valence-electron chi connectivity index (χ1n) is 12.1. The van der Waals surface area contributed by atoms with E-state index in [1.807, 2.05) is 24.3 Å². The minimum Gasteiger partial charge on any atom is -0.481 e. The van der Waals surface area contributed by atoms with Crippen molar-refractivity contribution in [2.75, 3.05) is 26.8 Å². The lowest BCUT2D eigenvalue weighted by atomic mass is 9.98. The maximum Gasteiger partial charge on any atom is 0.407 e. The van der Waals surface area contributed by atoms with Crippen molar-refractivity contribution in [3.8, 4) is 11.1 Å². The maximum atomic E-state index is 12.4. The van der Waals surface area contributed by atoms with E-state index in [-0.39, 0.29) is 43.7 Å². The lowest BCUT2D eigenvalue weighted by Crippen LogP contribution is -2.39. The molecule has 2 aromatic rings. The van der Waals surface area contributed by atoms with Crippen molar-refractivity contribution in [2.45, 2.75) is 37.7 Å². The molecule has 0 aliphatic heterocycles. The molecule has 0 bridgehead atoms. The maximum absolute atomic E-state index is 12.4. The van der Waals surface area contributed by atoms with E-state index < -0.39 is 18.2 Å². The number of aliphatic carboxylic acids is 1. The standard InChI is InChI=1S/C27H32N2O6/c1-34-19(13-25(30)28-14-18(12-26(31)32)17-10-11-17)15-29-27(33)35-16-24-22-8-4-2-6-20(22)21-7-3-5-9-23(21)24/h2-9,17-19,24H,10-16H2,1H3,(H,28,30)(H,29,33)(H,31,32). The number of benzene rings is 2. The molecule has 2 aromatic carbocycles. The summed E-state index contributed by atoms with van der Waals surface area (Å²) in [7, 11) is 1.48. The second-order valence-electron chi connectivity index (χ2n) is 9.27. The highest BCUT2D eigenvalue weighted by Gasteiger charge is 2.33. The second-order valence-corrected chi connectivity index (χ2v) is 9.27. The van der Waals surface area contributed by atoms with Gasteiger partial charge in [0.15, 0.2) is 0 Å². The number of carboxylic acid groups (broad SMARTS) is 1. The minimum atomic E-state index is -0.849. The summed E-state index contributed by atoms with van der Waals surface area (Å²) in [6.07, 6.45) is 1.06. The van der Waals surface area contributed by atoms with Crippen LogP contribution in [0.25, 0.3) is 11.1 Å². The fraction of sp³-hybridized carbons (Fsp3) is 0.444. The average molecular weight is 481 g/mol. The normalized spacial score (nSPS) is 16.0. The van der Waals surface area contributed by atoms with Crippen LogP contribution < -0.4 is 10.6 Å². The van der Waals surface area contributed by atoms with Crippen LogP contribution in [0.3, 0.4) is 0 Å². The van der Waals surface area contributed by atoms with E-state index in [4.69, 9.17) is 14.6 Å². The summed E-state index contributed by atoms with van der Waals surface area (Å²) in [6, 6.07) is 16.3. The highest BCUT2D eigenvalue weighted by Crippen LogP contribution is 2.44. The highest BCUT2D eigenvalue weighted by molar-refractivity contribution is 5.79. The van der Waals surface area contributed by atoms with E-state index in [1.165, 1.54) is 7.11 Å². The number of hydrogen-bond acceptors (Lipinski definition) is 5. The predicted molar refractivity (Wildman–Crippen MR) is 130 cm³/mol. The molecule has 186 valence electrons. The topological polar surface area (TPSA) is 114 Å². The molecule has 8 nitrogen and oxygen atoms in total. The first-order valence-corrected chi connectivity index (χ1v) is 12.1. The van der Waals surface area contributed by atoms with Crippen molar-refractivity contribution >= 4 is 18.0 Å². The largest absolute Gasteiger partial charge is 0.481 e. The lowest BCUT2D eigenvalue weighted by Gasteiger charge is -2.19. The van der Waals surface area contributed by atoms with E-state index in [0.717, 1.165) is 35.1 Å². The molecule has 2 aliphatic rings. The third-order valence-electron chi connectivity index (χ3n) is 6.85. The predicted octanol–water partition coefficient (Wildman–Crippen LogP) is 3.55. The van der Waals surface area contributed by atoms with Crippen LogP contribution in [0, 0.1) is 11.8 Å². The van der Waals surface area contributed by atoms with E-state index >= 15 is 0 Å². The number of fused-ring (bicyclic) bond motifs is 3. The Morgan fingerprint density at radius 1 is 0.943 bits per heavy atom. The van der Waals surface area contributed by atoms with Crippen LogP contribution in [0.2, 0.25) is 0 Å². The van der Waals surface area contributed by atoms with Crippen molar-refractivity contribution in [2.24, 2.45) is 11.8 Å². The van der Waals surface area contributed by atoms with Crippen LogP contribution >= 0.6 is 0 Å². The van der Waals surface area contributed by atoms with Gasteiger partial charge in [-0.15, -0.1) is 0 Å². The summed E-state index contributed by atoms with van der Waals surface area (Å²) < 4.78 is 10.9. The molecule has 4 rings (SSSR count). The Kier molecular flexibility index (Phi) is 8.02. The minimum absolute atomic E-state index is 0.0256. The quantitative estimate of drug-likeness (QED) is 0.428. The third-order valence-corrected chi connectivity index (χ3v) is 6.85. The van der Waals surface area contributed by atoms with E-state index in [9.17, 15) is 14.4 Å². The molecule has 2 unspecified atom stereocenters. The zero-order chi connectivity index (χ0) is 24.8. The van der Waals surface area contributed by atoms with Gasteiger partial charge in [0, 0.05) is 26.1 Å². The number of carbonyl (C=O) groups excluding carboxylic acids is 2. The summed E-state index contributed by atoms with van der Waals surface area (Å²) in [6.45, 7) is 0.679. The second kappa shape index (κ2) is 11.4. The van der Waals surface area contributed by atoms with Crippen LogP contribution in [0.15, 0.2) is 48.5 Å². The molecule has 3 N–H and O–H groups in total. The van der Waals surface area contributed by atoms with Crippen molar-refractivity contribution in [1.82, 2.24) is 10.6 Å². The smallest absolute Gasteiger partial charge is 0.407 e. The van der Waals surface area contributed by atoms with Gasteiger partial charge in [-0.1, -0.05) is 48.5 Å². The molecule has 0 heterocycles. The van der Waals surface area contributed by atoms with Gasteiger partial charge in [0.25, 0.3) is 0 Å². The summed E-state index contributed by atoms with van der Waals surface area (Å²) >= 11 is 0. The molecule has 1 saturated carbocycles. The Bertz CT molecular complexity index is 1020. The Labute approximate surface area is 205 Å². The van der Waals surface area contributed by atoms with Gasteiger partial charge in [-0.05, 0) is 46.9 Å². The van der Waals surface area contributed by atoms with Crippen molar-refractivity contribution < 1.29 is 29.0 Å². The number of rotatable bonds is 12. The Balaban J connectivity index is 1.22. The summed E-state index contributed by atoms with van der Waals surface area (Å²) in [5.41, 5.74) is 4.60. The summed E-state index contributed by atoms with van der Waals surface area (Å²) in [5, 5.41) is 14.6. The monoisotopic (exact) mass is 480 g/mol. The molecule has 2 atom stereocenters. The molecule has 0 saturated heterocycles. The van der Waals surface area contributed by atoms with Gasteiger partial charge >= 0.3 is 12.1 Å². The van der Waals surface area contributed by atoms with Crippen molar-refractivity contribution in [3.63, 3.8) is 0 Å². The molecular formula is C27H32N2O6. The number of amides is 2. The molecule has 2 amide bonds. The van der Waals surface area contributed by atoms with Crippen LogP contribution in [0.1, 0.15) is 42.7 Å². The zero-order valence-electron chi connectivity index (χ0n) is 19.9. The van der Waals surface area contributed by atoms with Gasteiger partial charge in [0.2, 0.25) is 5.91 Å². The molecule has 35 heavy (non-hydrogen) atoms.